The predicted octanol–water partition coefficient (Wildman–Crippen LogP) is 3.44. The number of ether oxygens (including phenoxy) is 2. The largest absolute Gasteiger partial charge is 0.497 e. The Morgan fingerprint density at radius 2 is 2.00 bits per heavy atom. The van der Waals surface area contributed by atoms with E-state index in [0.29, 0.717) is 22.3 Å². The summed E-state index contributed by atoms with van der Waals surface area (Å²) in [5, 5.41) is 18.4. The van der Waals surface area contributed by atoms with Crippen molar-refractivity contribution in [3.05, 3.63) is 70.1 Å². The molecule has 6 nitrogen and oxygen atoms in total. The van der Waals surface area contributed by atoms with Crippen LogP contribution in [0.5, 0.6) is 11.5 Å². The third-order valence-electron chi connectivity index (χ3n) is 4.53. The first-order valence-corrected chi connectivity index (χ1v) is 7.99. The molecule has 2 atom stereocenters. The summed E-state index contributed by atoms with van der Waals surface area (Å²) in [7, 11) is 1.54. The monoisotopic (exact) mass is 346 g/mol. The molecule has 1 aliphatic rings. The van der Waals surface area contributed by atoms with Gasteiger partial charge in [-0.2, -0.15) is 5.26 Å². The number of para-hydroxylation sites is 1. The molecule has 3 aromatic rings. The minimum atomic E-state index is -0.932. The first-order valence-electron chi connectivity index (χ1n) is 7.99. The second-order valence-electron chi connectivity index (χ2n) is 5.96. The van der Waals surface area contributed by atoms with E-state index in [9.17, 15) is 10.1 Å². The molecule has 0 saturated carbocycles. The molecule has 26 heavy (non-hydrogen) atoms. The fourth-order valence-electron chi connectivity index (χ4n) is 3.33. The zero-order valence-electron chi connectivity index (χ0n) is 13.9. The second kappa shape index (κ2) is 6.05. The van der Waals surface area contributed by atoms with E-state index in [1.54, 1.807) is 55.6 Å². The summed E-state index contributed by atoms with van der Waals surface area (Å²) in [5.74, 6) is -0.917. The standard InChI is InChI=1S/C20H14N2O4/c1-24-12-6-4-5-11(9-12)16-14(10-21)19(22)26-18-13-7-2-3-8-15(13)25-20(23)17(16)18/h2-9,14,16,22H,1H3. The number of nitrogens with one attached hydrogen (secondary N) is 1. The number of nitriles is 1. The van der Waals surface area contributed by atoms with E-state index in [4.69, 9.17) is 19.3 Å². The van der Waals surface area contributed by atoms with Crippen molar-refractivity contribution in [2.75, 3.05) is 7.11 Å². The highest BCUT2D eigenvalue weighted by Gasteiger charge is 2.40. The molecule has 0 amide bonds. The number of rotatable bonds is 2. The Morgan fingerprint density at radius 1 is 1.19 bits per heavy atom. The van der Waals surface area contributed by atoms with Crippen molar-refractivity contribution in [1.29, 1.82) is 10.7 Å². The number of fused-ring (bicyclic) bond motifs is 3. The highest BCUT2D eigenvalue weighted by molar-refractivity contribution is 5.93. The molecule has 2 heterocycles. The fraction of sp³-hybridized carbons (Fsp3) is 0.150. The molecule has 0 bridgehead atoms. The number of methoxy groups -OCH3 is 1. The topological polar surface area (TPSA) is 96.3 Å². The number of hydrogen-bond donors (Lipinski definition) is 1. The number of nitrogens with zero attached hydrogens (tertiary/aromatic N) is 1. The van der Waals surface area contributed by atoms with Gasteiger partial charge >= 0.3 is 5.63 Å². The van der Waals surface area contributed by atoms with Crippen molar-refractivity contribution >= 4 is 16.9 Å². The lowest BCUT2D eigenvalue weighted by atomic mass is 9.79. The van der Waals surface area contributed by atoms with Crippen LogP contribution in [0.2, 0.25) is 0 Å². The average molecular weight is 346 g/mol. The maximum absolute atomic E-state index is 12.7. The summed E-state index contributed by atoms with van der Waals surface area (Å²) in [6, 6.07) is 16.2. The molecule has 2 unspecified atom stereocenters. The van der Waals surface area contributed by atoms with Crippen LogP contribution in [0.1, 0.15) is 17.0 Å². The van der Waals surface area contributed by atoms with E-state index in [-0.39, 0.29) is 17.2 Å². The van der Waals surface area contributed by atoms with Gasteiger partial charge in [0, 0.05) is 5.92 Å². The maximum Gasteiger partial charge on any atom is 0.343 e. The zero-order valence-corrected chi connectivity index (χ0v) is 13.9. The molecule has 0 radical (unpaired) electrons. The van der Waals surface area contributed by atoms with Crippen LogP contribution >= 0.6 is 0 Å². The van der Waals surface area contributed by atoms with Gasteiger partial charge in [0.15, 0.2) is 5.75 Å². The summed E-state index contributed by atoms with van der Waals surface area (Å²) in [6.45, 7) is 0. The fourth-order valence-corrected chi connectivity index (χ4v) is 3.33. The van der Waals surface area contributed by atoms with Crippen LogP contribution in [-0.4, -0.2) is 13.0 Å². The SMILES string of the molecule is COc1cccc(C2c3c(c4ccccc4oc3=O)OC(=N)C2C#N)c1. The van der Waals surface area contributed by atoms with Crippen molar-refractivity contribution in [1.82, 2.24) is 0 Å². The quantitative estimate of drug-likeness (QED) is 0.717. The molecule has 1 aromatic heterocycles. The Balaban J connectivity index is 2.05. The highest BCUT2D eigenvalue weighted by Crippen LogP contribution is 2.43. The molecule has 0 aliphatic carbocycles. The van der Waals surface area contributed by atoms with E-state index >= 15 is 0 Å². The van der Waals surface area contributed by atoms with Crippen LogP contribution < -0.4 is 15.1 Å². The lowest BCUT2D eigenvalue weighted by Gasteiger charge is -2.29. The Kier molecular flexibility index (Phi) is 3.70. The third kappa shape index (κ3) is 2.33. The second-order valence-corrected chi connectivity index (χ2v) is 5.96. The lowest BCUT2D eigenvalue weighted by molar-refractivity contribution is 0.411. The van der Waals surface area contributed by atoms with E-state index < -0.39 is 17.5 Å². The Morgan fingerprint density at radius 3 is 2.77 bits per heavy atom. The van der Waals surface area contributed by atoms with Gasteiger partial charge in [0.2, 0.25) is 5.90 Å². The molecule has 1 aliphatic heterocycles. The van der Waals surface area contributed by atoms with Gasteiger partial charge in [-0.3, -0.25) is 5.41 Å². The minimum absolute atomic E-state index is 0.191. The predicted molar refractivity (Wildman–Crippen MR) is 94.8 cm³/mol. The number of benzene rings is 2. The van der Waals surface area contributed by atoms with Crippen molar-refractivity contribution < 1.29 is 13.9 Å². The average Bonchev–Trinajstić information content (AvgIpc) is 2.67. The molecule has 1 N–H and O–H groups in total. The van der Waals surface area contributed by atoms with Gasteiger partial charge in [0.05, 0.1) is 24.1 Å². The van der Waals surface area contributed by atoms with Gasteiger partial charge < -0.3 is 13.9 Å². The summed E-state index contributed by atoms with van der Waals surface area (Å²) in [5.41, 5.74) is 0.746. The molecule has 0 fully saturated rings. The van der Waals surface area contributed by atoms with Crippen LogP contribution in [0, 0.1) is 22.7 Å². The van der Waals surface area contributed by atoms with Gasteiger partial charge in [0.1, 0.15) is 17.3 Å². The van der Waals surface area contributed by atoms with Gasteiger partial charge in [-0.1, -0.05) is 24.3 Å². The molecule has 128 valence electrons. The molecule has 0 spiro atoms. The molecule has 0 saturated heterocycles. The molecular formula is C20H14N2O4. The molecule has 6 heteroatoms. The Labute approximate surface area is 148 Å². The lowest BCUT2D eigenvalue weighted by Crippen LogP contribution is -2.34. The van der Waals surface area contributed by atoms with Crippen molar-refractivity contribution in [3.63, 3.8) is 0 Å². The van der Waals surface area contributed by atoms with Crippen LogP contribution in [0.3, 0.4) is 0 Å². The Bertz CT molecular complexity index is 1130. The van der Waals surface area contributed by atoms with E-state index in [2.05, 4.69) is 6.07 Å². The number of hydrogen-bond acceptors (Lipinski definition) is 6. The Hall–Kier alpha value is -3.59. The highest BCUT2D eigenvalue weighted by atomic mass is 16.5. The van der Waals surface area contributed by atoms with Gasteiger partial charge in [-0.25, -0.2) is 4.79 Å². The van der Waals surface area contributed by atoms with Gasteiger partial charge in [-0.05, 0) is 29.8 Å². The van der Waals surface area contributed by atoms with Crippen molar-refractivity contribution in [3.8, 4) is 17.6 Å². The van der Waals surface area contributed by atoms with Crippen LogP contribution in [0.15, 0.2) is 57.7 Å². The summed E-state index contributed by atoms with van der Waals surface area (Å²) in [6.07, 6.45) is 0. The van der Waals surface area contributed by atoms with Crippen molar-refractivity contribution in [2.24, 2.45) is 5.92 Å². The maximum atomic E-state index is 12.7. The van der Waals surface area contributed by atoms with Gasteiger partial charge in [0.25, 0.3) is 0 Å². The minimum Gasteiger partial charge on any atom is -0.497 e. The summed E-state index contributed by atoms with van der Waals surface area (Å²) < 4.78 is 16.3. The van der Waals surface area contributed by atoms with E-state index in [0.717, 1.165) is 0 Å². The first kappa shape index (κ1) is 15.9. The van der Waals surface area contributed by atoms with Crippen LogP contribution in [-0.2, 0) is 0 Å². The molecule has 2 aromatic carbocycles. The van der Waals surface area contributed by atoms with E-state index in [1.165, 1.54) is 0 Å². The van der Waals surface area contributed by atoms with E-state index in [1.807, 2.05) is 0 Å². The summed E-state index contributed by atoms with van der Waals surface area (Å²) >= 11 is 0. The summed E-state index contributed by atoms with van der Waals surface area (Å²) in [4.78, 5) is 12.7. The molecular weight excluding hydrogens is 332 g/mol. The van der Waals surface area contributed by atoms with Crippen molar-refractivity contribution in [2.45, 2.75) is 5.92 Å². The first-order chi connectivity index (χ1) is 12.6. The van der Waals surface area contributed by atoms with Crippen LogP contribution in [0.25, 0.3) is 11.0 Å². The smallest absolute Gasteiger partial charge is 0.343 e. The normalized spacial score (nSPS) is 18.7. The van der Waals surface area contributed by atoms with Crippen LogP contribution in [0.4, 0.5) is 0 Å². The zero-order chi connectivity index (χ0) is 18.3. The molecule has 4 rings (SSSR count). The third-order valence-corrected chi connectivity index (χ3v) is 4.53. The van der Waals surface area contributed by atoms with Gasteiger partial charge in [-0.15, -0.1) is 0 Å².